The van der Waals surface area contributed by atoms with E-state index >= 15 is 0 Å². The quantitative estimate of drug-likeness (QED) is 0.765. The van der Waals surface area contributed by atoms with Crippen LogP contribution in [0.1, 0.15) is 67.1 Å². The second kappa shape index (κ2) is 8.33. The Morgan fingerprint density at radius 1 is 0.964 bits per heavy atom. The number of rotatable bonds is 6. The van der Waals surface area contributed by atoms with Crippen molar-refractivity contribution in [2.75, 3.05) is 26.2 Å². The third kappa shape index (κ3) is 3.87. The summed E-state index contributed by atoms with van der Waals surface area (Å²) >= 11 is 0. The summed E-state index contributed by atoms with van der Waals surface area (Å²) < 4.78 is 4.39. The molecule has 0 radical (unpaired) electrons. The molecule has 4 rings (SSSR count). The number of hydrogen-bond acceptors (Lipinski definition) is 5. The molecular formula is C21H35N7. The molecule has 0 saturated carbocycles. The molecule has 2 fully saturated rings. The minimum absolute atomic E-state index is 0.473. The Morgan fingerprint density at radius 2 is 1.71 bits per heavy atom. The number of aromatic nitrogens is 5. The molecule has 7 heteroatoms. The van der Waals surface area contributed by atoms with Crippen molar-refractivity contribution in [1.82, 2.24) is 34.3 Å². The van der Waals surface area contributed by atoms with Crippen LogP contribution in [0.2, 0.25) is 0 Å². The summed E-state index contributed by atoms with van der Waals surface area (Å²) in [4.78, 5) is 5.08. The lowest BCUT2D eigenvalue weighted by molar-refractivity contribution is 0.194. The first-order valence-electron chi connectivity index (χ1n) is 10.9. The minimum atomic E-state index is 0.473. The van der Waals surface area contributed by atoms with Crippen molar-refractivity contribution in [2.45, 2.75) is 72.0 Å². The maximum absolute atomic E-state index is 4.70. The molecule has 2 saturated heterocycles. The molecule has 2 aliphatic rings. The minimum Gasteiger partial charge on any atom is -0.317 e. The van der Waals surface area contributed by atoms with Gasteiger partial charge in [-0.25, -0.2) is 0 Å². The number of piperidine rings is 1. The first kappa shape index (κ1) is 19.6. The Labute approximate surface area is 168 Å². The predicted octanol–water partition coefficient (Wildman–Crippen LogP) is 2.62. The summed E-state index contributed by atoms with van der Waals surface area (Å²) in [6, 6.07) is 0. The molecule has 0 aromatic carbocycles. The Balaban J connectivity index is 1.44. The van der Waals surface area contributed by atoms with Crippen LogP contribution in [-0.2, 0) is 26.7 Å². The molecule has 0 aliphatic carbocycles. The number of hydrogen-bond donors (Lipinski definition) is 0. The number of aryl methyl sites for hydroxylation is 2. The van der Waals surface area contributed by atoms with E-state index in [4.69, 9.17) is 5.10 Å². The molecule has 7 nitrogen and oxygen atoms in total. The van der Waals surface area contributed by atoms with Crippen LogP contribution in [0.4, 0.5) is 0 Å². The van der Waals surface area contributed by atoms with Crippen LogP contribution in [-0.4, -0.2) is 60.5 Å². The monoisotopic (exact) mass is 385 g/mol. The Hall–Kier alpha value is -1.73. The van der Waals surface area contributed by atoms with Crippen LogP contribution in [0.3, 0.4) is 0 Å². The predicted molar refractivity (Wildman–Crippen MR) is 110 cm³/mol. The Bertz CT molecular complexity index is 800. The molecule has 28 heavy (non-hydrogen) atoms. The van der Waals surface area contributed by atoms with Crippen molar-refractivity contribution in [3.8, 4) is 0 Å². The molecular weight excluding hydrogens is 350 g/mol. The zero-order chi connectivity index (χ0) is 19.7. The molecule has 0 bridgehead atoms. The molecule has 154 valence electrons. The van der Waals surface area contributed by atoms with Crippen molar-refractivity contribution in [1.29, 1.82) is 0 Å². The van der Waals surface area contributed by atoms with Crippen molar-refractivity contribution in [3.63, 3.8) is 0 Å². The standard InChI is InChI=1S/C21H35N7/c1-5-28-17(3)19(16(2)24-28)14-27-12-8-9-18(13-27)21-23-22-20(25(21)4)15-26-10-6-7-11-26/h18H,5-15H2,1-4H3/t18-/m0/s1. The molecule has 0 N–H and O–H groups in total. The maximum atomic E-state index is 4.70. The van der Waals surface area contributed by atoms with Gasteiger partial charge in [0, 0.05) is 43.9 Å². The van der Waals surface area contributed by atoms with E-state index < -0.39 is 0 Å². The van der Waals surface area contributed by atoms with Gasteiger partial charge in [-0.15, -0.1) is 10.2 Å². The first-order chi connectivity index (χ1) is 13.6. The van der Waals surface area contributed by atoms with Crippen molar-refractivity contribution >= 4 is 0 Å². The van der Waals surface area contributed by atoms with Gasteiger partial charge in [0.25, 0.3) is 0 Å². The van der Waals surface area contributed by atoms with E-state index in [1.807, 2.05) is 0 Å². The highest BCUT2D eigenvalue weighted by atomic mass is 15.3. The summed E-state index contributed by atoms with van der Waals surface area (Å²) in [5.74, 6) is 2.75. The second-order valence-corrected chi connectivity index (χ2v) is 8.56. The third-order valence-electron chi connectivity index (χ3n) is 6.65. The molecule has 0 spiro atoms. The number of likely N-dealkylation sites (tertiary alicyclic amines) is 2. The molecule has 0 unspecified atom stereocenters. The lowest BCUT2D eigenvalue weighted by Crippen LogP contribution is -2.35. The van der Waals surface area contributed by atoms with E-state index in [9.17, 15) is 0 Å². The average Bonchev–Trinajstić information content (AvgIpc) is 3.40. The molecule has 0 amide bonds. The normalized spacial score (nSPS) is 21.6. The SMILES string of the molecule is CCn1nc(C)c(CN2CCC[C@H](c3nnc(CN4CCCC4)n3C)C2)c1C. The van der Waals surface area contributed by atoms with Gasteiger partial charge in [-0.2, -0.15) is 5.10 Å². The van der Waals surface area contributed by atoms with Gasteiger partial charge in [-0.1, -0.05) is 0 Å². The largest absolute Gasteiger partial charge is 0.317 e. The van der Waals surface area contributed by atoms with Gasteiger partial charge in [0.2, 0.25) is 0 Å². The molecule has 2 aromatic rings. The highest BCUT2D eigenvalue weighted by molar-refractivity contribution is 5.24. The topological polar surface area (TPSA) is 55.0 Å². The van der Waals surface area contributed by atoms with Gasteiger partial charge in [0.05, 0.1) is 12.2 Å². The van der Waals surface area contributed by atoms with Crippen molar-refractivity contribution in [2.24, 2.45) is 7.05 Å². The fraction of sp³-hybridized carbons (Fsp3) is 0.762. The molecule has 1 atom stereocenters. The van der Waals surface area contributed by atoms with Gasteiger partial charge in [0.1, 0.15) is 11.6 Å². The Morgan fingerprint density at radius 3 is 2.43 bits per heavy atom. The van der Waals surface area contributed by atoms with E-state index in [1.54, 1.807) is 0 Å². The van der Waals surface area contributed by atoms with Gasteiger partial charge in [0.15, 0.2) is 0 Å². The molecule has 2 aliphatic heterocycles. The third-order valence-corrected chi connectivity index (χ3v) is 6.65. The fourth-order valence-electron chi connectivity index (χ4n) is 4.91. The highest BCUT2D eigenvalue weighted by Crippen LogP contribution is 2.28. The summed E-state index contributed by atoms with van der Waals surface area (Å²) in [6.45, 7) is 14.0. The molecule has 4 heterocycles. The maximum Gasteiger partial charge on any atom is 0.146 e. The summed E-state index contributed by atoms with van der Waals surface area (Å²) in [5.41, 5.74) is 3.89. The van der Waals surface area contributed by atoms with Crippen LogP contribution in [0.5, 0.6) is 0 Å². The second-order valence-electron chi connectivity index (χ2n) is 8.56. The van der Waals surface area contributed by atoms with Crippen LogP contribution in [0.25, 0.3) is 0 Å². The van der Waals surface area contributed by atoms with Crippen LogP contribution in [0.15, 0.2) is 0 Å². The van der Waals surface area contributed by atoms with Gasteiger partial charge >= 0.3 is 0 Å². The van der Waals surface area contributed by atoms with Crippen molar-refractivity contribution < 1.29 is 0 Å². The van der Waals surface area contributed by atoms with E-state index in [1.165, 1.54) is 55.7 Å². The van der Waals surface area contributed by atoms with E-state index in [2.05, 4.69) is 57.1 Å². The van der Waals surface area contributed by atoms with E-state index in [-0.39, 0.29) is 0 Å². The van der Waals surface area contributed by atoms with Crippen molar-refractivity contribution in [3.05, 3.63) is 28.6 Å². The zero-order valence-corrected chi connectivity index (χ0v) is 18.0. The van der Waals surface area contributed by atoms with Crippen LogP contribution in [0, 0.1) is 13.8 Å². The fourth-order valence-corrected chi connectivity index (χ4v) is 4.91. The summed E-state index contributed by atoms with van der Waals surface area (Å²) in [6.07, 6.45) is 5.06. The van der Waals surface area contributed by atoms with Gasteiger partial charge < -0.3 is 4.57 Å². The number of nitrogens with zero attached hydrogens (tertiary/aromatic N) is 7. The Kier molecular flexibility index (Phi) is 5.83. The molecule has 2 aromatic heterocycles. The van der Waals surface area contributed by atoms with Gasteiger partial charge in [-0.3, -0.25) is 14.5 Å². The van der Waals surface area contributed by atoms with Crippen LogP contribution >= 0.6 is 0 Å². The average molecular weight is 386 g/mol. The van der Waals surface area contributed by atoms with E-state index in [0.717, 1.165) is 44.4 Å². The smallest absolute Gasteiger partial charge is 0.146 e. The summed E-state index contributed by atoms with van der Waals surface area (Å²) in [7, 11) is 2.15. The van der Waals surface area contributed by atoms with Gasteiger partial charge in [-0.05, 0) is 66.1 Å². The lowest BCUT2D eigenvalue weighted by atomic mass is 9.96. The lowest BCUT2D eigenvalue weighted by Gasteiger charge is -2.32. The zero-order valence-electron chi connectivity index (χ0n) is 18.0. The highest BCUT2D eigenvalue weighted by Gasteiger charge is 2.27. The first-order valence-corrected chi connectivity index (χ1v) is 10.9. The van der Waals surface area contributed by atoms with E-state index in [0.29, 0.717) is 5.92 Å². The summed E-state index contributed by atoms with van der Waals surface area (Å²) in [5, 5.41) is 13.9. The van der Waals surface area contributed by atoms with Crippen LogP contribution < -0.4 is 0 Å².